The van der Waals surface area contributed by atoms with Gasteiger partial charge in [-0.25, -0.2) is 0 Å². The fourth-order valence-electron chi connectivity index (χ4n) is 5.99. The molecule has 8 nitrogen and oxygen atoms in total. The van der Waals surface area contributed by atoms with E-state index in [1.165, 1.54) is 15.9 Å². The number of nitrogens with two attached hydrogens (primary N) is 1. The predicted octanol–water partition coefficient (Wildman–Crippen LogP) is 5.44. The summed E-state index contributed by atoms with van der Waals surface area (Å²) in [7, 11) is 3.32. The molecular formula is C39H45N5O3S. The van der Waals surface area contributed by atoms with Gasteiger partial charge in [-0.05, 0) is 84.0 Å². The zero-order chi connectivity index (χ0) is 33.9. The number of aromatic nitrogens is 1. The molecule has 0 saturated heterocycles. The normalized spacial score (nSPS) is 14.9. The molecule has 250 valence electrons. The van der Waals surface area contributed by atoms with E-state index < -0.39 is 12.1 Å². The Labute approximate surface area is 287 Å². The van der Waals surface area contributed by atoms with E-state index in [-0.39, 0.29) is 23.3 Å². The highest BCUT2D eigenvalue weighted by atomic mass is 32.1. The SMILES string of the molecule is CN(C(=O)C=CCC1(N)CCC1)[C@H](Cc1ccc(-c2ccccc2)cc1)C(=O)N(C)[C@H](Cc1cccs1)C(=O)NCCc1ccncc1. The van der Waals surface area contributed by atoms with E-state index in [0.717, 1.165) is 46.4 Å². The molecule has 1 aliphatic carbocycles. The van der Waals surface area contributed by atoms with Gasteiger partial charge in [0.2, 0.25) is 17.7 Å². The molecule has 48 heavy (non-hydrogen) atoms. The minimum absolute atomic E-state index is 0.234. The van der Waals surface area contributed by atoms with Crippen molar-refractivity contribution in [1.29, 1.82) is 0 Å². The van der Waals surface area contributed by atoms with Crippen molar-refractivity contribution in [2.45, 2.75) is 62.6 Å². The minimum Gasteiger partial charge on any atom is -0.354 e. The van der Waals surface area contributed by atoms with Gasteiger partial charge in [0.1, 0.15) is 12.1 Å². The second-order valence-electron chi connectivity index (χ2n) is 12.7. The molecule has 0 radical (unpaired) electrons. The second-order valence-corrected chi connectivity index (χ2v) is 13.7. The molecule has 2 heterocycles. The lowest BCUT2D eigenvalue weighted by Crippen LogP contribution is -2.56. The van der Waals surface area contributed by atoms with Crippen molar-refractivity contribution < 1.29 is 14.4 Å². The van der Waals surface area contributed by atoms with Crippen molar-refractivity contribution in [2.75, 3.05) is 20.6 Å². The topological polar surface area (TPSA) is 109 Å². The van der Waals surface area contributed by atoms with Crippen LogP contribution in [0.15, 0.2) is 109 Å². The van der Waals surface area contributed by atoms with Crippen LogP contribution in [0.2, 0.25) is 0 Å². The van der Waals surface area contributed by atoms with Crippen molar-refractivity contribution in [3.8, 4) is 11.1 Å². The summed E-state index contributed by atoms with van der Waals surface area (Å²) < 4.78 is 0. The fourth-order valence-corrected chi connectivity index (χ4v) is 6.73. The van der Waals surface area contributed by atoms with Crippen molar-refractivity contribution in [1.82, 2.24) is 20.1 Å². The maximum atomic E-state index is 14.4. The molecule has 2 atom stereocenters. The first-order valence-corrected chi connectivity index (χ1v) is 17.4. The number of amides is 3. The Kier molecular flexibility index (Phi) is 11.9. The van der Waals surface area contributed by atoms with E-state index in [0.29, 0.717) is 32.2 Å². The largest absolute Gasteiger partial charge is 0.354 e. The zero-order valence-corrected chi connectivity index (χ0v) is 28.6. The molecule has 4 aromatic rings. The van der Waals surface area contributed by atoms with Crippen LogP contribution >= 0.6 is 11.3 Å². The molecule has 5 rings (SSSR count). The number of nitrogens with zero attached hydrogens (tertiary/aromatic N) is 3. The Morgan fingerprint density at radius 3 is 2.23 bits per heavy atom. The third-order valence-corrected chi connectivity index (χ3v) is 10.2. The number of hydrogen-bond donors (Lipinski definition) is 2. The van der Waals surface area contributed by atoms with E-state index in [9.17, 15) is 14.4 Å². The Morgan fingerprint density at radius 1 is 0.875 bits per heavy atom. The van der Waals surface area contributed by atoms with E-state index >= 15 is 0 Å². The number of hydrogen-bond acceptors (Lipinski definition) is 6. The van der Waals surface area contributed by atoms with Crippen molar-refractivity contribution >= 4 is 29.1 Å². The smallest absolute Gasteiger partial charge is 0.246 e. The Balaban J connectivity index is 1.36. The lowest BCUT2D eigenvalue weighted by atomic mass is 9.75. The van der Waals surface area contributed by atoms with E-state index in [1.807, 2.05) is 78.2 Å². The number of nitrogens with one attached hydrogen (secondary N) is 1. The summed E-state index contributed by atoms with van der Waals surface area (Å²) in [6.07, 6.45) is 11.7. The maximum absolute atomic E-state index is 14.4. The lowest BCUT2D eigenvalue weighted by molar-refractivity contribution is -0.146. The molecule has 9 heteroatoms. The van der Waals surface area contributed by atoms with Gasteiger partial charge in [0, 0.05) is 56.3 Å². The quantitative estimate of drug-likeness (QED) is 0.165. The average molecular weight is 664 g/mol. The average Bonchev–Trinajstić information content (AvgIpc) is 3.62. The Hall–Kier alpha value is -4.60. The van der Waals surface area contributed by atoms with Crippen LogP contribution in [0.25, 0.3) is 11.1 Å². The minimum atomic E-state index is -0.833. The van der Waals surface area contributed by atoms with Crippen LogP contribution in [0.3, 0.4) is 0 Å². The molecule has 3 N–H and O–H groups in total. The summed E-state index contributed by atoms with van der Waals surface area (Å²) in [6.45, 7) is 0.425. The van der Waals surface area contributed by atoms with E-state index in [1.54, 1.807) is 37.8 Å². The number of carbonyl (C=O) groups is 3. The summed E-state index contributed by atoms with van der Waals surface area (Å²) in [5, 5.41) is 5.01. The highest BCUT2D eigenvalue weighted by Crippen LogP contribution is 2.32. The van der Waals surface area contributed by atoms with Crippen molar-refractivity contribution in [3.63, 3.8) is 0 Å². The van der Waals surface area contributed by atoms with Gasteiger partial charge >= 0.3 is 0 Å². The van der Waals surface area contributed by atoms with Crippen LogP contribution in [-0.2, 0) is 33.6 Å². The van der Waals surface area contributed by atoms with Crippen molar-refractivity contribution in [2.24, 2.45) is 5.73 Å². The highest BCUT2D eigenvalue weighted by Gasteiger charge is 2.35. The predicted molar refractivity (Wildman–Crippen MR) is 192 cm³/mol. The molecule has 2 aromatic heterocycles. The number of thiophene rings is 1. The van der Waals surface area contributed by atoms with Crippen molar-refractivity contribution in [3.05, 3.63) is 125 Å². The summed E-state index contributed by atoms with van der Waals surface area (Å²) in [5.74, 6) is -0.810. The van der Waals surface area contributed by atoms with Gasteiger partial charge in [0.15, 0.2) is 0 Å². The molecule has 1 aliphatic rings. The van der Waals surface area contributed by atoms with Gasteiger partial charge in [0.25, 0.3) is 0 Å². The van der Waals surface area contributed by atoms with Gasteiger partial charge in [-0.15, -0.1) is 11.3 Å². The monoisotopic (exact) mass is 663 g/mol. The molecule has 2 aromatic carbocycles. The standard InChI is InChI=1S/C39H45N5O3S/c1-43(36(45)12-6-20-39(40)21-8-22-39)35(27-30-13-15-32(16-14-30)31-9-4-3-5-10-31)38(47)44(2)34(28-33-11-7-26-48-33)37(46)42-25-19-29-17-23-41-24-18-29/h3-7,9-18,23-24,26,34-35H,8,19-22,25,27-28,40H2,1-2H3,(H,42,46)/t34-,35-/m1/s1. The lowest BCUT2D eigenvalue weighted by Gasteiger charge is -2.37. The van der Waals surface area contributed by atoms with E-state index in [4.69, 9.17) is 5.73 Å². The molecule has 1 saturated carbocycles. The van der Waals surface area contributed by atoms with Crippen LogP contribution in [0.5, 0.6) is 0 Å². The van der Waals surface area contributed by atoms with Crippen LogP contribution in [0.4, 0.5) is 0 Å². The van der Waals surface area contributed by atoms with Gasteiger partial charge in [-0.2, -0.15) is 0 Å². The number of benzene rings is 2. The van der Waals surface area contributed by atoms with Gasteiger partial charge < -0.3 is 20.9 Å². The first kappa shape index (κ1) is 34.7. The summed E-state index contributed by atoms with van der Waals surface area (Å²) in [5.41, 5.74) is 10.3. The van der Waals surface area contributed by atoms with Crippen LogP contribution in [0.1, 0.15) is 41.7 Å². The summed E-state index contributed by atoms with van der Waals surface area (Å²) >= 11 is 1.55. The first-order valence-electron chi connectivity index (χ1n) is 16.5. The number of rotatable bonds is 15. The molecule has 0 unspecified atom stereocenters. The Bertz CT molecular complexity index is 1650. The number of pyridine rings is 1. The first-order chi connectivity index (χ1) is 23.2. The summed E-state index contributed by atoms with van der Waals surface area (Å²) in [4.78, 5) is 49.7. The fraction of sp³-hybridized carbons (Fsp3) is 0.333. The highest BCUT2D eigenvalue weighted by molar-refractivity contribution is 7.09. The zero-order valence-electron chi connectivity index (χ0n) is 27.8. The molecule has 3 amide bonds. The third kappa shape index (κ3) is 9.27. The molecule has 0 spiro atoms. The summed E-state index contributed by atoms with van der Waals surface area (Å²) in [6, 6.07) is 24.3. The molecule has 0 bridgehead atoms. The second kappa shape index (κ2) is 16.5. The number of likely N-dealkylation sites (N-methyl/N-ethyl adjacent to an activating group) is 2. The maximum Gasteiger partial charge on any atom is 0.246 e. The van der Waals surface area contributed by atoms with Gasteiger partial charge in [-0.3, -0.25) is 19.4 Å². The number of carbonyl (C=O) groups excluding carboxylic acids is 3. The van der Waals surface area contributed by atoms with Crippen LogP contribution < -0.4 is 11.1 Å². The molecular weight excluding hydrogens is 619 g/mol. The molecule has 0 aliphatic heterocycles. The van der Waals surface area contributed by atoms with Crippen LogP contribution in [-0.4, -0.2) is 70.8 Å². The molecule has 1 fully saturated rings. The third-order valence-electron chi connectivity index (χ3n) is 9.28. The van der Waals surface area contributed by atoms with Gasteiger partial charge in [-0.1, -0.05) is 66.7 Å². The van der Waals surface area contributed by atoms with Crippen LogP contribution in [0, 0.1) is 0 Å². The van der Waals surface area contributed by atoms with E-state index in [2.05, 4.69) is 22.4 Å². The Morgan fingerprint density at radius 2 is 1.58 bits per heavy atom. The van der Waals surface area contributed by atoms with Gasteiger partial charge in [0.05, 0.1) is 0 Å².